The Morgan fingerprint density at radius 2 is 1.30 bits per heavy atom. The van der Waals surface area contributed by atoms with Gasteiger partial charge in [0.15, 0.2) is 0 Å². The van der Waals surface area contributed by atoms with Gasteiger partial charge in [0.05, 0.1) is 11.0 Å². The number of nitrogens with zero attached hydrogens (tertiary/aromatic N) is 5. The first-order valence-corrected chi connectivity index (χ1v) is 22.9. The Labute approximate surface area is 405 Å². The SMILES string of the molecule is Cc1cc(C)c(-c2cc(-c3c(C)cccc3C(C)C)cc3c2c2ccc(-c4cccc5c4nc(-c4cccc6c4[n-]c4ccccc46)n5-c4ccccc4)[c-]c2n3-c2ccccn2)c(C)c1.[Pt+2]. The Kier molecular flexibility index (Phi) is 10.4. The van der Waals surface area contributed by atoms with Gasteiger partial charge in [-0.25, -0.2) is 9.97 Å². The van der Waals surface area contributed by atoms with Crippen molar-refractivity contribution in [1.29, 1.82) is 0 Å². The van der Waals surface area contributed by atoms with Gasteiger partial charge in [-0.2, -0.15) is 0 Å². The molecule has 8 aromatic carbocycles. The summed E-state index contributed by atoms with van der Waals surface area (Å²) >= 11 is 0. The van der Waals surface area contributed by atoms with E-state index in [2.05, 4.69) is 214 Å². The molecule has 67 heavy (non-hydrogen) atoms. The molecule has 0 bridgehead atoms. The van der Waals surface area contributed by atoms with E-state index in [0.717, 1.165) is 83.3 Å². The van der Waals surface area contributed by atoms with Crippen molar-refractivity contribution < 1.29 is 21.1 Å². The summed E-state index contributed by atoms with van der Waals surface area (Å²) in [5, 5.41) is 4.58. The molecule has 0 saturated heterocycles. The molecule has 0 fully saturated rings. The molecule has 5 nitrogen and oxygen atoms in total. The average molecular weight is 1050 g/mol. The Bertz CT molecular complexity index is 3870. The van der Waals surface area contributed by atoms with Crippen molar-refractivity contribution in [3.8, 4) is 56.3 Å². The fraction of sp³-hybridized carbons (Fsp3) is 0.115. The molecule has 0 spiro atoms. The summed E-state index contributed by atoms with van der Waals surface area (Å²) in [7, 11) is 0. The summed E-state index contributed by atoms with van der Waals surface area (Å²) in [5.74, 6) is 2.04. The van der Waals surface area contributed by atoms with Crippen molar-refractivity contribution in [2.24, 2.45) is 0 Å². The number of aryl methyl sites for hydroxylation is 4. The normalized spacial score (nSPS) is 11.7. The van der Waals surface area contributed by atoms with Crippen molar-refractivity contribution in [2.45, 2.75) is 47.5 Å². The molecule has 0 atom stereocenters. The number of aromatic nitrogens is 5. The van der Waals surface area contributed by atoms with E-state index in [9.17, 15) is 0 Å². The van der Waals surface area contributed by atoms with E-state index < -0.39 is 0 Å². The Morgan fingerprint density at radius 1 is 0.567 bits per heavy atom. The van der Waals surface area contributed by atoms with Crippen molar-refractivity contribution in [3.63, 3.8) is 0 Å². The molecule has 12 rings (SSSR count). The predicted octanol–water partition coefficient (Wildman–Crippen LogP) is 15.6. The third-order valence-corrected chi connectivity index (χ3v) is 13.5. The maximum atomic E-state index is 5.60. The van der Waals surface area contributed by atoms with Gasteiger partial charge in [-0.15, -0.1) is 34.8 Å². The van der Waals surface area contributed by atoms with Gasteiger partial charge < -0.3 is 9.55 Å². The molecule has 4 aromatic heterocycles. The molecule has 0 N–H and O–H groups in total. The van der Waals surface area contributed by atoms with Gasteiger partial charge in [-0.1, -0.05) is 140 Å². The van der Waals surface area contributed by atoms with Gasteiger partial charge >= 0.3 is 21.1 Å². The zero-order valence-corrected chi connectivity index (χ0v) is 40.6. The van der Waals surface area contributed by atoms with Crippen molar-refractivity contribution in [3.05, 3.63) is 204 Å². The first-order valence-electron chi connectivity index (χ1n) is 22.9. The van der Waals surface area contributed by atoms with Crippen LogP contribution in [0.1, 0.15) is 47.6 Å². The van der Waals surface area contributed by atoms with E-state index in [4.69, 9.17) is 15.0 Å². The van der Waals surface area contributed by atoms with E-state index in [1.807, 2.05) is 12.3 Å². The fourth-order valence-electron chi connectivity index (χ4n) is 10.8. The van der Waals surface area contributed by atoms with Crippen LogP contribution in [0.25, 0.3) is 111 Å². The Morgan fingerprint density at radius 3 is 2.09 bits per heavy atom. The van der Waals surface area contributed by atoms with Crippen molar-refractivity contribution in [1.82, 2.24) is 24.1 Å². The van der Waals surface area contributed by atoms with Crippen LogP contribution in [0.4, 0.5) is 0 Å². The van der Waals surface area contributed by atoms with Crippen LogP contribution in [0, 0.1) is 33.8 Å². The molecule has 0 aliphatic carbocycles. The Balaban J connectivity index is 0.00000494. The number of rotatable bonds is 7. The van der Waals surface area contributed by atoms with E-state index in [0.29, 0.717) is 5.92 Å². The molecule has 0 saturated carbocycles. The van der Waals surface area contributed by atoms with Gasteiger partial charge in [0.25, 0.3) is 0 Å². The van der Waals surface area contributed by atoms with Gasteiger partial charge in [0.1, 0.15) is 11.6 Å². The molecular weight excluding hydrogens is 998 g/mol. The summed E-state index contributed by atoms with van der Waals surface area (Å²) in [4.78, 5) is 15.8. The third-order valence-electron chi connectivity index (χ3n) is 13.5. The van der Waals surface area contributed by atoms with Crippen LogP contribution >= 0.6 is 0 Å². The number of para-hydroxylation sites is 4. The summed E-state index contributed by atoms with van der Waals surface area (Å²) in [6, 6.07) is 62.8. The molecule has 326 valence electrons. The standard InChI is InChI=1S/C61H47N5.Pt/c1-36(2)44-21-14-17-38(4)57(44)42-33-50(56-39(5)31-37(3)32-40(56)6)58-48-29-28-41(34-53(48)66(54(58)35-42)55-27-12-13-30-62-55)45-22-16-26-52-60(45)64-61(65(52)43-18-8-7-9-19-43)49-24-15-23-47-46-20-10-11-25-51(46)63-59(47)49;/h7-33,35-36H,1-6H3;/q-2;+2. The summed E-state index contributed by atoms with van der Waals surface area (Å²) in [6.45, 7) is 13.5. The molecule has 0 unspecified atom stereocenters. The van der Waals surface area contributed by atoms with E-state index in [1.54, 1.807) is 0 Å². The topological polar surface area (TPSA) is 49.7 Å². The van der Waals surface area contributed by atoms with Crippen LogP contribution in [-0.2, 0) is 21.1 Å². The molecule has 4 heterocycles. The fourth-order valence-corrected chi connectivity index (χ4v) is 10.8. The van der Waals surface area contributed by atoms with Crippen LogP contribution in [0.15, 0.2) is 170 Å². The zero-order valence-electron chi connectivity index (χ0n) is 38.3. The molecule has 0 amide bonds. The molecule has 0 radical (unpaired) electrons. The number of imidazole rings is 1. The van der Waals surface area contributed by atoms with E-state index in [1.165, 1.54) is 55.5 Å². The predicted molar refractivity (Wildman–Crippen MR) is 275 cm³/mol. The summed E-state index contributed by atoms with van der Waals surface area (Å²) in [6.07, 6.45) is 1.89. The minimum atomic E-state index is 0. The minimum absolute atomic E-state index is 0. The van der Waals surface area contributed by atoms with Crippen molar-refractivity contribution in [2.75, 3.05) is 0 Å². The van der Waals surface area contributed by atoms with E-state index >= 15 is 0 Å². The molecule has 0 aliphatic rings. The average Bonchev–Trinajstić information content (AvgIpc) is 4.01. The molecule has 12 aromatic rings. The van der Waals surface area contributed by atoms with Crippen LogP contribution in [0.2, 0.25) is 0 Å². The number of hydrogen-bond donors (Lipinski definition) is 0. The van der Waals surface area contributed by atoms with E-state index in [-0.39, 0.29) is 21.1 Å². The zero-order chi connectivity index (χ0) is 44.8. The first kappa shape index (κ1) is 42.3. The second kappa shape index (κ2) is 16.5. The summed E-state index contributed by atoms with van der Waals surface area (Å²) in [5.41, 5.74) is 21.2. The Hall–Kier alpha value is -7.33. The quantitative estimate of drug-likeness (QED) is 0.149. The third kappa shape index (κ3) is 6.78. The maximum Gasteiger partial charge on any atom is 2.00 e. The monoisotopic (exact) mass is 1040 g/mol. The van der Waals surface area contributed by atoms with Crippen LogP contribution in [-0.4, -0.2) is 19.1 Å². The molecular formula is C61H47N5Pt. The largest absolute Gasteiger partial charge is 2.00 e. The number of hydrogen-bond acceptors (Lipinski definition) is 2. The molecule has 0 aliphatic heterocycles. The van der Waals surface area contributed by atoms with Gasteiger partial charge in [0.2, 0.25) is 0 Å². The smallest absolute Gasteiger partial charge is 0.656 e. The maximum absolute atomic E-state index is 5.60. The van der Waals surface area contributed by atoms with Crippen LogP contribution in [0.5, 0.6) is 0 Å². The van der Waals surface area contributed by atoms with Crippen LogP contribution < -0.4 is 4.98 Å². The molecule has 6 heteroatoms. The first-order chi connectivity index (χ1) is 32.2. The number of fused-ring (bicyclic) bond motifs is 7. The second-order valence-corrected chi connectivity index (χ2v) is 18.2. The van der Waals surface area contributed by atoms with Crippen LogP contribution in [0.3, 0.4) is 0 Å². The minimum Gasteiger partial charge on any atom is -0.656 e. The van der Waals surface area contributed by atoms with Crippen molar-refractivity contribution >= 4 is 54.6 Å². The number of benzene rings is 8. The number of pyridine rings is 1. The van der Waals surface area contributed by atoms with Gasteiger partial charge in [0, 0.05) is 23.0 Å². The van der Waals surface area contributed by atoms with Gasteiger partial charge in [-0.05, 0) is 142 Å². The second-order valence-electron chi connectivity index (χ2n) is 18.2. The summed E-state index contributed by atoms with van der Waals surface area (Å²) < 4.78 is 4.61. The van der Waals surface area contributed by atoms with Gasteiger partial charge in [-0.3, -0.25) is 4.57 Å².